The van der Waals surface area contributed by atoms with Gasteiger partial charge in [-0.2, -0.15) is 0 Å². The molecule has 1 saturated carbocycles. The number of fused-ring (bicyclic) bond motifs is 4. The van der Waals surface area contributed by atoms with Crippen molar-refractivity contribution in [3.8, 4) is 0 Å². The molecule has 4 aliphatic rings. The number of aromatic nitrogens is 1. The van der Waals surface area contributed by atoms with Crippen LogP contribution in [0, 0.1) is 11.8 Å². The molecule has 5 nitrogen and oxygen atoms in total. The number of hydrogen-bond acceptors (Lipinski definition) is 4. The van der Waals surface area contributed by atoms with E-state index in [0.717, 1.165) is 50.2 Å². The van der Waals surface area contributed by atoms with Crippen molar-refractivity contribution in [2.24, 2.45) is 11.8 Å². The molecule has 0 radical (unpaired) electrons. The first kappa shape index (κ1) is 19.7. The monoisotopic (exact) mass is 404 g/mol. The van der Waals surface area contributed by atoms with Crippen molar-refractivity contribution in [3.05, 3.63) is 35.5 Å². The highest BCUT2D eigenvalue weighted by Gasteiger charge is 2.62. The number of esters is 1. The highest BCUT2D eigenvalue weighted by Crippen LogP contribution is 2.55. The maximum Gasteiger partial charge on any atom is 0.319 e. The SMILES string of the molecule is COCCC1CC2CN3CCc4c([nH]c5ccccc45)C(C(=O)OC)(C2)C13.Cl. The number of nitrogens with one attached hydrogen (secondary N) is 1. The number of ether oxygens (including phenoxy) is 2. The van der Waals surface area contributed by atoms with Crippen molar-refractivity contribution in [1.29, 1.82) is 0 Å². The first-order valence-electron chi connectivity index (χ1n) is 10.1. The number of piperidine rings is 2. The minimum atomic E-state index is -0.584. The topological polar surface area (TPSA) is 54.6 Å². The Balaban J connectivity index is 0.00000192. The van der Waals surface area contributed by atoms with E-state index < -0.39 is 5.41 Å². The molecule has 3 fully saturated rings. The van der Waals surface area contributed by atoms with Crippen molar-refractivity contribution in [2.45, 2.75) is 37.1 Å². The van der Waals surface area contributed by atoms with E-state index in [-0.39, 0.29) is 24.4 Å². The molecule has 4 bridgehead atoms. The maximum atomic E-state index is 13.4. The Kier molecular flexibility index (Phi) is 5.19. The summed E-state index contributed by atoms with van der Waals surface area (Å²) in [6.07, 6.45) is 4.07. The van der Waals surface area contributed by atoms with Crippen LogP contribution in [-0.4, -0.2) is 55.8 Å². The summed E-state index contributed by atoms with van der Waals surface area (Å²) in [4.78, 5) is 19.7. The minimum Gasteiger partial charge on any atom is -0.468 e. The lowest BCUT2D eigenvalue weighted by atomic mass is 9.56. The number of nitrogens with zero attached hydrogens (tertiary/aromatic N) is 1. The average Bonchev–Trinajstić information content (AvgIpc) is 3.04. The molecule has 2 aromatic rings. The van der Waals surface area contributed by atoms with Gasteiger partial charge in [0.25, 0.3) is 0 Å². The maximum absolute atomic E-state index is 13.4. The van der Waals surface area contributed by atoms with Crippen LogP contribution in [0.1, 0.15) is 30.5 Å². The van der Waals surface area contributed by atoms with Gasteiger partial charge >= 0.3 is 5.97 Å². The molecule has 1 aromatic carbocycles. The Morgan fingerprint density at radius 3 is 2.93 bits per heavy atom. The van der Waals surface area contributed by atoms with Gasteiger partial charge in [0.2, 0.25) is 0 Å². The largest absolute Gasteiger partial charge is 0.468 e. The van der Waals surface area contributed by atoms with Crippen molar-refractivity contribution >= 4 is 29.3 Å². The van der Waals surface area contributed by atoms with Crippen LogP contribution in [0.25, 0.3) is 10.9 Å². The molecule has 3 aliphatic heterocycles. The molecule has 5 unspecified atom stereocenters. The molecular formula is C22H29ClN2O3. The number of para-hydroxylation sites is 1. The zero-order valence-electron chi connectivity index (χ0n) is 16.6. The Hall–Kier alpha value is -1.56. The van der Waals surface area contributed by atoms with Crippen LogP contribution in [0.3, 0.4) is 0 Å². The van der Waals surface area contributed by atoms with Crippen LogP contribution in [0.5, 0.6) is 0 Å². The molecule has 1 aliphatic carbocycles. The minimum absolute atomic E-state index is 0. The third kappa shape index (κ3) is 2.63. The molecular weight excluding hydrogens is 376 g/mol. The van der Waals surface area contributed by atoms with E-state index in [9.17, 15) is 4.79 Å². The predicted octanol–water partition coefficient (Wildman–Crippen LogP) is 3.30. The van der Waals surface area contributed by atoms with Crippen molar-refractivity contribution < 1.29 is 14.3 Å². The van der Waals surface area contributed by atoms with E-state index in [1.807, 2.05) is 0 Å². The van der Waals surface area contributed by atoms with Crippen molar-refractivity contribution in [2.75, 3.05) is 33.9 Å². The molecule has 152 valence electrons. The van der Waals surface area contributed by atoms with Gasteiger partial charge in [0.15, 0.2) is 0 Å². The molecule has 4 heterocycles. The van der Waals surface area contributed by atoms with Gasteiger partial charge < -0.3 is 14.5 Å². The number of H-pyrrole nitrogens is 1. The summed E-state index contributed by atoms with van der Waals surface area (Å²) in [5, 5.41) is 1.26. The van der Waals surface area contributed by atoms with Crippen LogP contribution in [0.2, 0.25) is 0 Å². The summed E-state index contributed by atoms with van der Waals surface area (Å²) in [5.41, 5.74) is 2.99. The standard InChI is InChI=1S/C22H28N2O3.ClH/c1-26-10-8-15-11-14-12-22(21(25)27-2)19-17(7-9-24(13-14)20(15)22)16-5-3-4-6-18(16)23-19;/h3-6,14-15,20,23H,7-13H2,1-2H3;1H. The molecule has 1 aromatic heterocycles. The van der Waals surface area contributed by atoms with E-state index >= 15 is 0 Å². The average molecular weight is 405 g/mol. The Bertz CT molecular complexity index is 882. The number of rotatable bonds is 4. The lowest BCUT2D eigenvalue weighted by molar-refractivity contribution is -0.162. The number of hydrogen-bond donors (Lipinski definition) is 1. The Labute approximate surface area is 172 Å². The summed E-state index contributed by atoms with van der Waals surface area (Å²) in [6, 6.07) is 8.65. The van der Waals surface area contributed by atoms with Gasteiger partial charge in [-0.25, -0.2) is 0 Å². The highest BCUT2D eigenvalue weighted by atomic mass is 35.5. The Morgan fingerprint density at radius 2 is 2.14 bits per heavy atom. The van der Waals surface area contributed by atoms with Gasteiger partial charge in [-0.05, 0) is 49.1 Å². The first-order valence-corrected chi connectivity index (χ1v) is 10.1. The van der Waals surface area contributed by atoms with Gasteiger partial charge in [-0.15, -0.1) is 12.4 Å². The summed E-state index contributed by atoms with van der Waals surface area (Å²) >= 11 is 0. The van der Waals surface area contributed by atoms with Gasteiger partial charge in [-0.1, -0.05) is 18.2 Å². The number of aromatic amines is 1. The van der Waals surface area contributed by atoms with E-state index in [4.69, 9.17) is 9.47 Å². The normalized spacial score (nSPS) is 33.1. The number of carbonyl (C=O) groups is 1. The second kappa shape index (κ2) is 7.36. The molecule has 0 spiro atoms. The van der Waals surface area contributed by atoms with Crippen LogP contribution in [0.15, 0.2) is 24.3 Å². The van der Waals surface area contributed by atoms with Gasteiger partial charge in [-0.3, -0.25) is 9.69 Å². The Morgan fingerprint density at radius 1 is 1.32 bits per heavy atom. The molecule has 28 heavy (non-hydrogen) atoms. The summed E-state index contributed by atoms with van der Waals surface area (Å²) in [7, 11) is 3.31. The van der Waals surface area contributed by atoms with Gasteiger partial charge in [0, 0.05) is 49.4 Å². The number of halogens is 1. The second-order valence-electron chi connectivity index (χ2n) is 8.52. The van der Waals surface area contributed by atoms with E-state index in [2.05, 4.69) is 34.1 Å². The summed E-state index contributed by atoms with van der Waals surface area (Å²) < 4.78 is 10.9. The van der Waals surface area contributed by atoms with E-state index in [1.165, 1.54) is 17.4 Å². The fraction of sp³-hybridized carbons (Fsp3) is 0.591. The molecule has 0 amide bonds. The van der Waals surface area contributed by atoms with Crippen LogP contribution < -0.4 is 0 Å². The zero-order valence-corrected chi connectivity index (χ0v) is 17.4. The summed E-state index contributed by atoms with van der Waals surface area (Å²) in [5.74, 6) is 0.932. The van der Waals surface area contributed by atoms with Crippen molar-refractivity contribution in [3.63, 3.8) is 0 Å². The number of benzene rings is 1. The lowest BCUT2D eigenvalue weighted by Gasteiger charge is -2.58. The smallest absolute Gasteiger partial charge is 0.319 e. The number of methoxy groups -OCH3 is 2. The third-order valence-electron chi connectivity index (χ3n) is 7.24. The van der Waals surface area contributed by atoms with Crippen LogP contribution in [0.4, 0.5) is 0 Å². The number of carbonyl (C=O) groups excluding carboxylic acids is 1. The summed E-state index contributed by atoms with van der Waals surface area (Å²) in [6.45, 7) is 2.87. The predicted molar refractivity (Wildman–Crippen MR) is 111 cm³/mol. The van der Waals surface area contributed by atoms with Crippen LogP contribution >= 0.6 is 12.4 Å². The van der Waals surface area contributed by atoms with Gasteiger partial charge in [0.05, 0.1) is 7.11 Å². The third-order valence-corrected chi connectivity index (χ3v) is 7.24. The zero-order chi connectivity index (χ0) is 18.6. The fourth-order valence-corrected chi connectivity index (χ4v) is 6.42. The first-order chi connectivity index (χ1) is 13.2. The molecule has 1 N–H and O–H groups in total. The van der Waals surface area contributed by atoms with Crippen molar-refractivity contribution in [1.82, 2.24) is 9.88 Å². The lowest BCUT2D eigenvalue weighted by Crippen LogP contribution is -2.67. The molecule has 6 heteroatoms. The second-order valence-corrected chi connectivity index (χ2v) is 8.52. The van der Waals surface area contributed by atoms with E-state index in [1.54, 1.807) is 14.2 Å². The van der Waals surface area contributed by atoms with Gasteiger partial charge in [0.1, 0.15) is 5.41 Å². The molecule has 6 rings (SSSR count). The van der Waals surface area contributed by atoms with Crippen LogP contribution in [-0.2, 0) is 26.1 Å². The molecule has 5 atom stereocenters. The van der Waals surface area contributed by atoms with E-state index in [0.29, 0.717) is 11.8 Å². The quantitative estimate of drug-likeness (QED) is 0.794. The molecule has 2 saturated heterocycles. The highest BCUT2D eigenvalue weighted by molar-refractivity contribution is 5.91. The fourth-order valence-electron chi connectivity index (χ4n) is 6.42.